The monoisotopic (exact) mass is 399 g/mol. The molecule has 1 heterocycles. The Kier molecular flexibility index (Phi) is 7.62. The van der Waals surface area contributed by atoms with Gasteiger partial charge in [0.2, 0.25) is 0 Å². The Bertz CT molecular complexity index is 755. The van der Waals surface area contributed by atoms with Crippen LogP contribution in [0.5, 0.6) is 0 Å². The zero-order valence-corrected chi connectivity index (χ0v) is 19.6. The van der Waals surface area contributed by atoms with E-state index in [0.29, 0.717) is 0 Å². The van der Waals surface area contributed by atoms with Crippen LogP contribution < -0.4 is 0 Å². The predicted octanol–water partition coefficient (Wildman–Crippen LogP) is 8.25. The summed E-state index contributed by atoms with van der Waals surface area (Å²) in [5.41, 5.74) is 9.17. The van der Waals surface area contributed by atoms with Crippen molar-refractivity contribution >= 4 is 17.2 Å². The van der Waals surface area contributed by atoms with Crippen LogP contribution in [-0.2, 0) is 0 Å². The fraction of sp³-hybridized carbons (Fsp3) is 0.538. The topological polar surface area (TPSA) is 3.24 Å². The second-order valence-corrected chi connectivity index (χ2v) is 8.92. The lowest BCUT2D eigenvalue weighted by atomic mass is 9.76. The molecule has 1 aromatic carbocycles. The van der Waals surface area contributed by atoms with Crippen LogP contribution in [-0.4, -0.2) is 17.5 Å². The van der Waals surface area contributed by atoms with Gasteiger partial charge in [0.1, 0.15) is 0 Å². The number of halogens is 1. The maximum absolute atomic E-state index is 6.35. The van der Waals surface area contributed by atoms with E-state index in [9.17, 15) is 0 Å². The smallest absolute Gasteiger partial charge is 0.0623 e. The third kappa shape index (κ3) is 4.10. The maximum Gasteiger partial charge on any atom is 0.0623 e. The van der Waals surface area contributed by atoms with E-state index in [0.717, 1.165) is 55.7 Å². The van der Waals surface area contributed by atoms with Crippen molar-refractivity contribution in [3.05, 3.63) is 63.8 Å². The highest BCUT2D eigenvalue weighted by Crippen LogP contribution is 2.52. The molecule has 0 saturated carbocycles. The summed E-state index contributed by atoms with van der Waals surface area (Å²) in [5, 5.41) is 0.807. The molecule has 1 aliphatic heterocycles. The molecule has 0 aliphatic carbocycles. The van der Waals surface area contributed by atoms with Gasteiger partial charge in [-0.2, -0.15) is 0 Å². The van der Waals surface area contributed by atoms with E-state index in [-0.39, 0.29) is 5.54 Å². The lowest BCUT2D eigenvalue weighted by Crippen LogP contribution is -2.43. The van der Waals surface area contributed by atoms with Gasteiger partial charge in [-0.25, -0.2) is 0 Å². The number of hydrogen-bond acceptors (Lipinski definition) is 1. The van der Waals surface area contributed by atoms with Crippen LogP contribution in [0.4, 0.5) is 0 Å². The highest BCUT2D eigenvalue weighted by Gasteiger charge is 2.45. The Balaban J connectivity index is 2.80. The number of allylic oxidation sites excluding steroid dienone is 2. The number of likely N-dealkylation sites (N-methyl/N-ethyl adjacent to an activating group) is 1. The number of aryl methyl sites for hydroxylation is 2. The molecule has 0 N–H and O–H groups in total. The summed E-state index contributed by atoms with van der Waals surface area (Å²) in [7, 11) is 2.24. The number of benzene rings is 1. The molecule has 2 heteroatoms. The van der Waals surface area contributed by atoms with Crippen LogP contribution in [0.15, 0.2) is 42.1 Å². The van der Waals surface area contributed by atoms with Crippen molar-refractivity contribution in [2.75, 3.05) is 7.05 Å². The molecule has 0 saturated heterocycles. The minimum atomic E-state index is 0.0467. The molecule has 0 radical (unpaired) electrons. The third-order valence-corrected chi connectivity index (χ3v) is 6.52. The van der Waals surface area contributed by atoms with E-state index in [4.69, 9.17) is 11.6 Å². The normalized spacial score (nSPS) is 16.2. The van der Waals surface area contributed by atoms with Gasteiger partial charge in [0.25, 0.3) is 0 Å². The lowest BCUT2D eigenvalue weighted by Gasteiger charge is -2.41. The highest BCUT2D eigenvalue weighted by molar-refractivity contribution is 6.30. The van der Waals surface area contributed by atoms with Gasteiger partial charge in [-0.1, -0.05) is 70.4 Å². The molecule has 0 aromatic heterocycles. The minimum Gasteiger partial charge on any atom is -0.365 e. The van der Waals surface area contributed by atoms with Gasteiger partial charge in [-0.15, -0.1) is 0 Å². The number of nitrogens with zero attached hydrogens (tertiary/aromatic N) is 1. The number of rotatable bonds is 9. The predicted molar refractivity (Wildman–Crippen MR) is 126 cm³/mol. The minimum absolute atomic E-state index is 0.0467. The molecule has 0 bridgehead atoms. The van der Waals surface area contributed by atoms with E-state index in [1.807, 2.05) is 0 Å². The molecular weight excluding hydrogens is 362 g/mol. The molecule has 0 fully saturated rings. The van der Waals surface area contributed by atoms with E-state index in [1.165, 1.54) is 33.4 Å². The van der Waals surface area contributed by atoms with Crippen molar-refractivity contribution in [1.29, 1.82) is 0 Å². The van der Waals surface area contributed by atoms with Gasteiger partial charge in [-0.3, -0.25) is 0 Å². The van der Waals surface area contributed by atoms with Gasteiger partial charge in [0.05, 0.1) is 5.54 Å². The van der Waals surface area contributed by atoms with E-state index < -0.39 is 0 Å². The first-order valence-electron chi connectivity index (χ1n) is 10.8. The van der Waals surface area contributed by atoms with E-state index >= 15 is 0 Å². The van der Waals surface area contributed by atoms with E-state index in [2.05, 4.69) is 71.9 Å². The standard InChI is InChI=1S/C26H38ClN/c1-9-12-18(4)15-23-25(24-19(5)16-22(27)17-20(24)6)21(7)28(8)26(23,13-10-2)14-11-3/h16-17H,4,7,9-15H2,1-3,5-6,8H3. The Hall–Kier alpha value is -1.47. The molecule has 0 atom stereocenters. The zero-order chi connectivity index (χ0) is 21.1. The summed E-state index contributed by atoms with van der Waals surface area (Å²) >= 11 is 6.35. The largest absolute Gasteiger partial charge is 0.365 e. The molecule has 0 amide bonds. The van der Waals surface area contributed by atoms with Crippen molar-refractivity contribution in [3.8, 4) is 0 Å². The molecular formula is C26H38ClN. The quantitative estimate of drug-likeness (QED) is 0.377. The molecule has 1 aromatic rings. The van der Waals surface area contributed by atoms with Crippen molar-refractivity contribution in [1.82, 2.24) is 4.90 Å². The highest BCUT2D eigenvalue weighted by atomic mass is 35.5. The van der Waals surface area contributed by atoms with Crippen molar-refractivity contribution in [3.63, 3.8) is 0 Å². The summed E-state index contributed by atoms with van der Waals surface area (Å²) in [6.45, 7) is 20.2. The van der Waals surface area contributed by atoms with Crippen LogP contribution in [0.1, 0.15) is 82.4 Å². The SMILES string of the molecule is C=C(CCC)CC1=C(c2c(C)cc(Cl)cc2C)C(=C)N(C)C1(CCC)CCC. The third-order valence-electron chi connectivity index (χ3n) is 6.30. The second-order valence-electron chi connectivity index (χ2n) is 8.48. The Morgan fingerprint density at radius 2 is 1.57 bits per heavy atom. The fourth-order valence-corrected chi connectivity index (χ4v) is 5.50. The molecule has 1 aliphatic rings. The molecule has 154 valence electrons. The Labute approximate surface area is 178 Å². The number of hydrogen-bond donors (Lipinski definition) is 0. The van der Waals surface area contributed by atoms with Gasteiger partial charge in [0.15, 0.2) is 0 Å². The molecule has 0 unspecified atom stereocenters. The average Bonchev–Trinajstić information content (AvgIpc) is 2.78. The fourth-order valence-electron chi connectivity index (χ4n) is 5.17. The molecule has 0 spiro atoms. The van der Waals surface area contributed by atoms with E-state index in [1.54, 1.807) is 0 Å². The van der Waals surface area contributed by atoms with Crippen LogP contribution >= 0.6 is 11.6 Å². The first kappa shape index (κ1) is 22.8. The zero-order valence-electron chi connectivity index (χ0n) is 18.8. The summed E-state index contributed by atoms with van der Waals surface area (Å²) in [6, 6.07) is 4.17. The van der Waals surface area contributed by atoms with Gasteiger partial charge in [-0.05, 0) is 73.9 Å². The van der Waals surface area contributed by atoms with Crippen molar-refractivity contribution in [2.45, 2.75) is 85.1 Å². The summed E-state index contributed by atoms with van der Waals surface area (Å²) in [6.07, 6.45) is 7.82. The Morgan fingerprint density at radius 3 is 2.04 bits per heavy atom. The summed E-state index contributed by atoms with van der Waals surface area (Å²) < 4.78 is 0. The van der Waals surface area contributed by atoms with Crippen molar-refractivity contribution < 1.29 is 0 Å². The first-order chi connectivity index (χ1) is 13.2. The van der Waals surface area contributed by atoms with Crippen LogP contribution in [0.3, 0.4) is 0 Å². The van der Waals surface area contributed by atoms with Crippen molar-refractivity contribution in [2.24, 2.45) is 0 Å². The van der Waals surface area contributed by atoms with Crippen LogP contribution in [0.25, 0.3) is 5.57 Å². The molecule has 1 nitrogen and oxygen atoms in total. The lowest BCUT2D eigenvalue weighted by molar-refractivity contribution is 0.191. The average molecular weight is 400 g/mol. The van der Waals surface area contributed by atoms with Gasteiger partial charge < -0.3 is 4.90 Å². The van der Waals surface area contributed by atoms with Crippen LogP contribution in [0, 0.1) is 13.8 Å². The summed E-state index contributed by atoms with van der Waals surface area (Å²) in [5.74, 6) is 0. The Morgan fingerprint density at radius 1 is 1.04 bits per heavy atom. The molecule has 28 heavy (non-hydrogen) atoms. The van der Waals surface area contributed by atoms with Gasteiger partial charge >= 0.3 is 0 Å². The molecule has 2 rings (SSSR count). The second kappa shape index (κ2) is 9.35. The first-order valence-corrected chi connectivity index (χ1v) is 11.2. The summed E-state index contributed by atoms with van der Waals surface area (Å²) in [4.78, 5) is 2.47. The van der Waals surface area contributed by atoms with Crippen LogP contribution in [0.2, 0.25) is 5.02 Å². The van der Waals surface area contributed by atoms with Gasteiger partial charge in [0, 0.05) is 23.3 Å². The maximum atomic E-state index is 6.35.